The zero-order chi connectivity index (χ0) is 16.7. The molecule has 4 heteroatoms. The first-order valence-electron chi connectivity index (χ1n) is 7.93. The van der Waals surface area contributed by atoms with E-state index in [0.717, 1.165) is 17.1 Å². The summed E-state index contributed by atoms with van der Waals surface area (Å²) in [7, 11) is 0. The van der Waals surface area contributed by atoms with E-state index in [2.05, 4.69) is 36.6 Å². The van der Waals surface area contributed by atoms with Gasteiger partial charge in [-0.2, -0.15) is 0 Å². The van der Waals surface area contributed by atoms with Crippen LogP contribution in [0.25, 0.3) is 0 Å². The smallest absolute Gasteiger partial charge is 0.226 e. The van der Waals surface area contributed by atoms with Gasteiger partial charge >= 0.3 is 0 Å². The van der Waals surface area contributed by atoms with Crippen molar-refractivity contribution in [1.29, 1.82) is 0 Å². The van der Waals surface area contributed by atoms with E-state index in [1.54, 1.807) is 0 Å². The predicted octanol–water partition coefficient (Wildman–Crippen LogP) is 4.14. The summed E-state index contributed by atoms with van der Waals surface area (Å²) in [4.78, 5) is 12.0. The SMILES string of the molecule is CCOc1ccc(NC(=O)CCNc2c(C)cccc2C)cc1. The lowest BCUT2D eigenvalue weighted by Crippen LogP contribution is -2.16. The van der Waals surface area contributed by atoms with Gasteiger partial charge in [-0.1, -0.05) is 18.2 Å². The second kappa shape index (κ2) is 8.22. The first kappa shape index (κ1) is 16.9. The maximum Gasteiger partial charge on any atom is 0.226 e. The number of hydrogen-bond donors (Lipinski definition) is 2. The van der Waals surface area contributed by atoms with Gasteiger partial charge in [0, 0.05) is 24.3 Å². The maximum atomic E-state index is 12.0. The van der Waals surface area contributed by atoms with Gasteiger partial charge in [0.05, 0.1) is 6.61 Å². The molecule has 0 unspecified atom stereocenters. The van der Waals surface area contributed by atoms with Crippen molar-refractivity contribution in [2.45, 2.75) is 27.2 Å². The average Bonchev–Trinajstić information content (AvgIpc) is 2.52. The van der Waals surface area contributed by atoms with Crippen LogP contribution in [0.4, 0.5) is 11.4 Å². The van der Waals surface area contributed by atoms with E-state index in [0.29, 0.717) is 19.6 Å². The summed E-state index contributed by atoms with van der Waals surface area (Å²) >= 11 is 0. The summed E-state index contributed by atoms with van der Waals surface area (Å²) in [5, 5.41) is 6.24. The Kier molecular flexibility index (Phi) is 6.03. The number of carbonyl (C=O) groups is 1. The van der Waals surface area contributed by atoms with Crippen LogP contribution in [0.3, 0.4) is 0 Å². The lowest BCUT2D eigenvalue weighted by Gasteiger charge is -2.12. The summed E-state index contributed by atoms with van der Waals surface area (Å²) < 4.78 is 5.38. The van der Waals surface area contributed by atoms with Gasteiger partial charge in [-0.3, -0.25) is 4.79 Å². The fourth-order valence-electron chi connectivity index (χ4n) is 2.42. The molecule has 23 heavy (non-hydrogen) atoms. The molecule has 2 N–H and O–H groups in total. The number of benzene rings is 2. The minimum absolute atomic E-state index is 0.00658. The molecule has 0 atom stereocenters. The lowest BCUT2D eigenvalue weighted by atomic mass is 10.1. The first-order valence-corrected chi connectivity index (χ1v) is 7.93. The second-order valence-electron chi connectivity index (χ2n) is 5.45. The third kappa shape index (κ3) is 5.02. The van der Waals surface area contributed by atoms with Crippen molar-refractivity contribution in [3.63, 3.8) is 0 Å². The van der Waals surface area contributed by atoms with Gasteiger partial charge in [0.25, 0.3) is 0 Å². The molecule has 4 nitrogen and oxygen atoms in total. The van der Waals surface area contributed by atoms with Crippen LogP contribution in [0.5, 0.6) is 5.75 Å². The number of nitrogens with one attached hydrogen (secondary N) is 2. The molecule has 0 aromatic heterocycles. The minimum atomic E-state index is -0.00658. The van der Waals surface area contributed by atoms with E-state index in [1.807, 2.05) is 37.3 Å². The molecule has 0 heterocycles. The van der Waals surface area contributed by atoms with E-state index >= 15 is 0 Å². The van der Waals surface area contributed by atoms with Crippen molar-refractivity contribution in [2.24, 2.45) is 0 Å². The molecule has 0 aliphatic rings. The normalized spacial score (nSPS) is 10.2. The molecule has 2 rings (SSSR count). The summed E-state index contributed by atoms with van der Waals surface area (Å²) in [6.45, 7) is 7.31. The Morgan fingerprint density at radius 1 is 1.04 bits per heavy atom. The molecule has 0 saturated carbocycles. The van der Waals surface area contributed by atoms with Crippen molar-refractivity contribution in [3.05, 3.63) is 53.6 Å². The average molecular weight is 312 g/mol. The summed E-state index contributed by atoms with van der Waals surface area (Å²) in [6, 6.07) is 13.6. The van der Waals surface area contributed by atoms with E-state index in [-0.39, 0.29) is 5.91 Å². The Morgan fingerprint density at radius 3 is 2.30 bits per heavy atom. The van der Waals surface area contributed by atoms with Crippen LogP contribution in [-0.4, -0.2) is 19.1 Å². The van der Waals surface area contributed by atoms with E-state index in [4.69, 9.17) is 4.74 Å². The van der Waals surface area contributed by atoms with Crippen molar-refractivity contribution in [2.75, 3.05) is 23.8 Å². The quantitative estimate of drug-likeness (QED) is 0.808. The number of carbonyl (C=O) groups excluding carboxylic acids is 1. The van der Waals surface area contributed by atoms with Crippen molar-refractivity contribution in [1.82, 2.24) is 0 Å². The van der Waals surface area contributed by atoms with Crippen LogP contribution in [0, 0.1) is 13.8 Å². The Bertz CT molecular complexity index is 631. The molecule has 0 fully saturated rings. The number of hydrogen-bond acceptors (Lipinski definition) is 3. The highest BCUT2D eigenvalue weighted by atomic mass is 16.5. The summed E-state index contributed by atoms with van der Waals surface area (Å²) in [5.41, 5.74) is 4.28. The van der Waals surface area contributed by atoms with Crippen molar-refractivity contribution < 1.29 is 9.53 Å². The van der Waals surface area contributed by atoms with Crippen LogP contribution in [-0.2, 0) is 4.79 Å². The molecule has 0 radical (unpaired) electrons. The van der Waals surface area contributed by atoms with Gasteiger partial charge in [-0.25, -0.2) is 0 Å². The summed E-state index contributed by atoms with van der Waals surface area (Å²) in [5.74, 6) is 0.801. The van der Waals surface area contributed by atoms with E-state index in [1.165, 1.54) is 11.1 Å². The molecule has 0 saturated heterocycles. The molecule has 122 valence electrons. The van der Waals surface area contributed by atoms with Crippen LogP contribution >= 0.6 is 0 Å². The molecule has 2 aromatic carbocycles. The molecule has 0 bridgehead atoms. The Labute approximate surface area is 137 Å². The van der Waals surface area contributed by atoms with E-state index in [9.17, 15) is 4.79 Å². The monoisotopic (exact) mass is 312 g/mol. The molecule has 0 aliphatic heterocycles. The van der Waals surface area contributed by atoms with Crippen LogP contribution < -0.4 is 15.4 Å². The molecule has 0 aliphatic carbocycles. The third-order valence-corrected chi connectivity index (χ3v) is 3.58. The first-order chi connectivity index (χ1) is 11.1. The third-order valence-electron chi connectivity index (χ3n) is 3.58. The Balaban J connectivity index is 1.81. The fourth-order valence-corrected chi connectivity index (χ4v) is 2.42. The van der Waals surface area contributed by atoms with Crippen molar-refractivity contribution >= 4 is 17.3 Å². The molecule has 2 aromatic rings. The number of ether oxygens (including phenoxy) is 1. The Hall–Kier alpha value is -2.49. The molecule has 1 amide bonds. The zero-order valence-electron chi connectivity index (χ0n) is 14.0. The zero-order valence-corrected chi connectivity index (χ0v) is 14.0. The second-order valence-corrected chi connectivity index (χ2v) is 5.45. The standard InChI is InChI=1S/C19H24N2O2/c1-4-23-17-10-8-16(9-11-17)21-18(22)12-13-20-19-14(2)6-5-7-15(19)3/h5-11,20H,4,12-13H2,1-3H3,(H,21,22). The van der Waals surface area contributed by atoms with E-state index < -0.39 is 0 Å². The number of aryl methyl sites for hydroxylation is 2. The van der Waals surface area contributed by atoms with Gasteiger partial charge in [0.2, 0.25) is 5.91 Å². The number of amides is 1. The molecular formula is C19H24N2O2. The van der Waals surface area contributed by atoms with Crippen LogP contribution in [0.1, 0.15) is 24.5 Å². The van der Waals surface area contributed by atoms with Crippen molar-refractivity contribution in [3.8, 4) is 5.75 Å². The molecule has 0 spiro atoms. The van der Waals surface area contributed by atoms with Gasteiger partial charge in [-0.15, -0.1) is 0 Å². The topological polar surface area (TPSA) is 50.4 Å². The number of para-hydroxylation sites is 1. The van der Waals surface area contributed by atoms with Gasteiger partial charge in [-0.05, 0) is 56.2 Å². The maximum absolute atomic E-state index is 12.0. The number of rotatable bonds is 7. The van der Waals surface area contributed by atoms with Crippen LogP contribution in [0.2, 0.25) is 0 Å². The molecular weight excluding hydrogens is 288 g/mol. The minimum Gasteiger partial charge on any atom is -0.494 e. The highest BCUT2D eigenvalue weighted by molar-refractivity contribution is 5.91. The fraction of sp³-hybridized carbons (Fsp3) is 0.316. The van der Waals surface area contributed by atoms with Gasteiger partial charge in [0.1, 0.15) is 5.75 Å². The van der Waals surface area contributed by atoms with Crippen LogP contribution in [0.15, 0.2) is 42.5 Å². The lowest BCUT2D eigenvalue weighted by molar-refractivity contribution is -0.115. The van der Waals surface area contributed by atoms with Gasteiger partial charge in [0.15, 0.2) is 0 Å². The highest BCUT2D eigenvalue weighted by Gasteiger charge is 2.05. The highest BCUT2D eigenvalue weighted by Crippen LogP contribution is 2.19. The number of anilines is 2. The van der Waals surface area contributed by atoms with Gasteiger partial charge < -0.3 is 15.4 Å². The predicted molar refractivity (Wildman–Crippen MR) is 95.3 cm³/mol. The largest absolute Gasteiger partial charge is 0.494 e. The Morgan fingerprint density at radius 2 is 1.70 bits per heavy atom. The summed E-state index contributed by atoms with van der Waals surface area (Å²) in [6.07, 6.45) is 0.418.